The summed E-state index contributed by atoms with van der Waals surface area (Å²) in [7, 11) is -3.75. The third-order valence-corrected chi connectivity index (χ3v) is 2.22. The fraction of sp³-hybridized carbons (Fsp3) is 0.667. The zero-order chi connectivity index (χ0) is 10.1. The van der Waals surface area contributed by atoms with E-state index in [4.69, 9.17) is 5.14 Å². The van der Waals surface area contributed by atoms with Crippen LogP contribution in [0.25, 0.3) is 0 Å². The van der Waals surface area contributed by atoms with Gasteiger partial charge in [-0.3, -0.25) is 0 Å². The van der Waals surface area contributed by atoms with Crippen molar-refractivity contribution < 1.29 is 8.42 Å². The Morgan fingerprint density at radius 3 is 2.69 bits per heavy atom. The van der Waals surface area contributed by atoms with Crippen LogP contribution in [0.3, 0.4) is 0 Å². The van der Waals surface area contributed by atoms with E-state index in [0.717, 1.165) is 0 Å². The van der Waals surface area contributed by atoms with E-state index in [0.29, 0.717) is 12.5 Å². The third kappa shape index (κ3) is 2.49. The fourth-order valence-electron chi connectivity index (χ4n) is 0.983. The fourth-order valence-corrected chi connectivity index (χ4v) is 1.59. The monoisotopic (exact) mass is 204 g/mol. The number of aromatic nitrogens is 3. The van der Waals surface area contributed by atoms with Crippen molar-refractivity contribution in [3.63, 3.8) is 0 Å². The van der Waals surface area contributed by atoms with Crippen LogP contribution in [0.15, 0.2) is 11.5 Å². The Kier molecular flexibility index (Phi) is 2.67. The van der Waals surface area contributed by atoms with Crippen molar-refractivity contribution in [2.24, 2.45) is 11.1 Å². The number of rotatable bonds is 3. The van der Waals surface area contributed by atoms with E-state index in [-0.39, 0.29) is 5.16 Å². The quantitative estimate of drug-likeness (QED) is 0.724. The first-order chi connectivity index (χ1) is 5.91. The first-order valence-corrected chi connectivity index (χ1v) is 5.36. The van der Waals surface area contributed by atoms with E-state index in [2.05, 4.69) is 10.2 Å². The number of hydrogen-bond donors (Lipinski definition) is 1. The number of nitrogens with two attached hydrogens (primary N) is 1. The minimum Gasteiger partial charge on any atom is -0.303 e. The molecular formula is C6H12N4O2S. The molecule has 0 spiro atoms. The Morgan fingerprint density at radius 2 is 2.23 bits per heavy atom. The molecule has 0 saturated heterocycles. The van der Waals surface area contributed by atoms with Crippen molar-refractivity contribution in [2.45, 2.75) is 25.5 Å². The van der Waals surface area contributed by atoms with E-state index in [9.17, 15) is 8.42 Å². The highest BCUT2D eigenvalue weighted by Crippen LogP contribution is 2.05. The summed E-state index contributed by atoms with van der Waals surface area (Å²) >= 11 is 0. The smallest absolute Gasteiger partial charge is 0.273 e. The van der Waals surface area contributed by atoms with Crippen molar-refractivity contribution in [1.82, 2.24) is 14.8 Å². The van der Waals surface area contributed by atoms with Crippen molar-refractivity contribution in [3.8, 4) is 0 Å². The van der Waals surface area contributed by atoms with Crippen molar-refractivity contribution >= 4 is 10.0 Å². The minimum atomic E-state index is -3.75. The van der Waals surface area contributed by atoms with Crippen LogP contribution < -0.4 is 5.14 Å². The molecule has 0 unspecified atom stereocenters. The SMILES string of the molecule is CC(C)Cn1cnnc1S(N)(=O)=O. The molecule has 0 saturated carbocycles. The predicted molar refractivity (Wildman–Crippen MR) is 46.2 cm³/mol. The maximum absolute atomic E-state index is 11.0. The lowest BCUT2D eigenvalue weighted by Crippen LogP contribution is -2.19. The second-order valence-corrected chi connectivity index (χ2v) is 4.66. The average molecular weight is 204 g/mol. The molecule has 0 aromatic carbocycles. The number of primary sulfonamides is 1. The molecular weight excluding hydrogens is 192 g/mol. The molecule has 2 N–H and O–H groups in total. The van der Waals surface area contributed by atoms with Crippen molar-refractivity contribution in [2.75, 3.05) is 0 Å². The van der Waals surface area contributed by atoms with Crippen LogP contribution in [0.4, 0.5) is 0 Å². The van der Waals surface area contributed by atoms with Gasteiger partial charge < -0.3 is 4.57 Å². The lowest BCUT2D eigenvalue weighted by atomic mass is 10.2. The minimum absolute atomic E-state index is 0.179. The van der Waals surface area contributed by atoms with E-state index in [1.54, 1.807) is 0 Å². The van der Waals surface area contributed by atoms with Gasteiger partial charge >= 0.3 is 0 Å². The van der Waals surface area contributed by atoms with E-state index in [1.807, 2.05) is 13.8 Å². The maximum Gasteiger partial charge on any atom is 0.273 e. The molecule has 1 aromatic heterocycles. The zero-order valence-electron chi connectivity index (χ0n) is 7.51. The Balaban J connectivity index is 3.04. The van der Waals surface area contributed by atoms with Crippen molar-refractivity contribution in [1.29, 1.82) is 0 Å². The second kappa shape index (κ2) is 3.43. The van der Waals surface area contributed by atoms with Gasteiger partial charge in [-0.1, -0.05) is 13.8 Å². The lowest BCUT2D eigenvalue weighted by molar-refractivity contribution is 0.483. The number of sulfonamides is 1. The average Bonchev–Trinajstić information content (AvgIpc) is 2.31. The van der Waals surface area contributed by atoms with E-state index < -0.39 is 10.0 Å². The highest BCUT2D eigenvalue weighted by Gasteiger charge is 2.16. The van der Waals surface area contributed by atoms with Crippen LogP contribution in [0.5, 0.6) is 0 Å². The summed E-state index contributed by atoms with van der Waals surface area (Å²) in [5.41, 5.74) is 0. The topological polar surface area (TPSA) is 90.9 Å². The predicted octanol–water partition coefficient (Wildman–Crippen LogP) is -0.418. The summed E-state index contributed by atoms with van der Waals surface area (Å²) in [5, 5.41) is 11.7. The maximum atomic E-state index is 11.0. The first kappa shape index (κ1) is 10.1. The summed E-state index contributed by atoms with van der Waals surface area (Å²) in [5.74, 6) is 0.316. The van der Waals surface area contributed by atoms with Gasteiger partial charge in [-0.15, -0.1) is 10.2 Å². The Morgan fingerprint density at radius 1 is 1.62 bits per heavy atom. The Bertz CT molecular complexity index is 381. The van der Waals surface area contributed by atoms with Crippen LogP contribution >= 0.6 is 0 Å². The first-order valence-electron chi connectivity index (χ1n) is 3.82. The molecule has 1 rings (SSSR count). The van der Waals surface area contributed by atoms with Crippen LogP contribution in [-0.2, 0) is 16.6 Å². The molecule has 0 aliphatic carbocycles. The molecule has 13 heavy (non-hydrogen) atoms. The molecule has 0 fully saturated rings. The zero-order valence-corrected chi connectivity index (χ0v) is 8.32. The van der Waals surface area contributed by atoms with Gasteiger partial charge in [0.25, 0.3) is 15.2 Å². The molecule has 0 bridgehead atoms. The largest absolute Gasteiger partial charge is 0.303 e. The van der Waals surface area contributed by atoms with Crippen LogP contribution in [0.2, 0.25) is 0 Å². The second-order valence-electron chi connectivity index (χ2n) is 3.20. The molecule has 0 amide bonds. The van der Waals surface area contributed by atoms with E-state index >= 15 is 0 Å². The Hall–Kier alpha value is -0.950. The highest BCUT2D eigenvalue weighted by atomic mass is 32.2. The van der Waals surface area contributed by atoms with Gasteiger partial charge in [-0.2, -0.15) is 0 Å². The van der Waals surface area contributed by atoms with E-state index in [1.165, 1.54) is 10.9 Å². The van der Waals surface area contributed by atoms with Gasteiger partial charge in [0.05, 0.1) is 0 Å². The number of hydrogen-bond acceptors (Lipinski definition) is 4. The molecule has 0 atom stereocenters. The van der Waals surface area contributed by atoms with Gasteiger partial charge in [0.2, 0.25) is 0 Å². The highest BCUT2D eigenvalue weighted by molar-refractivity contribution is 7.89. The summed E-state index contributed by atoms with van der Waals surface area (Å²) < 4.78 is 23.3. The molecule has 1 heterocycles. The summed E-state index contributed by atoms with van der Waals surface area (Å²) in [6, 6.07) is 0. The molecule has 0 radical (unpaired) electrons. The molecule has 0 aliphatic heterocycles. The van der Waals surface area contributed by atoms with Gasteiger partial charge in [0.15, 0.2) is 0 Å². The summed E-state index contributed by atoms with van der Waals surface area (Å²) in [4.78, 5) is 0. The normalized spacial score (nSPS) is 12.3. The number of nitrogens with zero attached hydrogens (tertiary/aromatic N) is 3. The third-order valence-electron chi connectivity index (χ3n) is 1.40. The van der Waals surface area contributed by atoms with Gasteiger partial charge in [-0.25, -0.2) is 13.6 Å². The van der Waals surface area contributed by atoms with Gasteiger partial charge in [0.1, 0.15) is 6.33 Å². The van der Waals surface area contributed by atoms with Crippen LogP contribution in [-0.4, -0.2) is 23.2 Å². The van der Waals surface area contributed by atoms with Crippen molar-refractivity contribution in [3.05, 3.63) is 6.33 Å². The lowest BCUT2D eigenvalue weighted by Gasteiger charge is -2.06. The molecule has 7 heteroatoms. The standard InChI is InChI=1S/C6H12N4O2S/c1-5(2)3-10-4-8-9-6(10)13(7,11)12/h4-5H,3H2,1-2H3,(H2,7,11,12). The van der Waals surface area contributed by atoms with Crippen LogP contribution in [0.1, 0.15) is 13.8 Å². The summed E-state index contributed by atoms with van der Waals surface area (Å²) in [6.07, 6.45) is 1.36. The van der Waals surface area contributed by atoms with Gasteiger partial charge in [0, 0.05) is 6.54 Å². The van der Waals surface area contributed by atoms with Gasteiger partial charge in [-0.05, 0) is 5.92 Å². The summed E-state index contributed by atoms with van der Waals surface area (Å²) in [6.45, 7) is 4.47. The van der Waals surface area contributed by atoms with Crippen LogP contribution in [0, 0.1) is 5.92 Å². The molecule has 0 aliphatic rings. The molecule has 1 aromatic rings. The Labute approximate surface area is 76.8 Å². The molecule has 74 valence electrons. The molecule has 6 nitrogen and oxygen atoms in total.